The number of nitro benzene ring substituents is 1. The standard InChI is InChI=1S/C13H15N3O2S/c1-9-13(15-12(19-9)6-3-7-14)10-4-2-5-11(8-10)16(17)18/h2,4-5,8H,3,6-7,14H2,1H3. The van der Waals surface area contributed by atoms with E-state index in [1.165, 1.54) is 6.07 Å². The molecule has 19 heavy (non-hydrogen) atoms. The van der Waals surface area contributed by atoms with Crippen molar-refractivity contribution in [3.63, 3.8) is 0 Å². The lowest BCUT2D eigenvalue weighted by Crippen LogP contribution is -1.99. The fraction of sp³-hybridized carbons (Fsp3) is 0.308. The van der Waals surface area contributed by atoms with E-state index in [2.05, 4.69) is 4.98 Å². The molecule has 1 aromatic heterocycles. The Balaban J connectivity index is 2.33. The van der Waals surface area contributed by atoms with Gasteiger partial charge in [-0.25, -0.2) is 4.98 Å². The maximum absolute atomic E-state index is 10.8. The third kappa shape index (κ3) is 3.15. The predicted octanol–water partition coefficient (Wildman–Crippen LogP) is 2.92. The third-order valence-electron chi connectivity index (χ3n) is 2.77. The Bertz CT molecular complexity index is 595. The number of aromatic nitrogens is 1. The second-order valence-corrected chi connectivity index (χ2v) is 5.50. The molecule has 0 radical (unpaired) electrons. The van der Waals surface area contributed by atoms with Gasteiger partial charge in [0.15, 0.2) is 0 Å². The molecule has 0 unspecified atom stereocenters. The van der Waals surface area contributed by atoms with Crippen LogP contribution in [0.25, 0.3) is 11.3 Å². The number of nitro groups is 1. The molecule has 0 atom stereocenters. The maximum atomic E-state index is 10.8. The lowest BCUT2D eigenvalue weighted by Gasteiger charge is -1.98. The van der Waals surface area contributed by atoms with E-state index in [0.29, 0.717) is 6.54 Å². The van der Waals surface area contributed by atoms with Crippen LogP contribution in [0.4, 0.5) is 5.69 Å². The zero-order valence-electron chi connectivity index (χ0n) is 10.6. The van der Waals surface area contributed by atoms with Gasteiger partial charge in [-0.05, 0) is 19.9 Å². The maximum Gasteiger partial charge on any atom is 0.270 e. The van der Waals surface area contributed by atoms with Gasteiger partial charge in [-0.3, -0.25) is 10.1 Å². The summed E-state index contributed by atoms with van der Waals surface area (Å²) in [7, 11) is 0. The van der Waals surface area contributed by atoms with Crippen molar-refractivity contribution >= 4 is 17.0 Å². The van der Waals surface area contributed by atoms with Crippen LogP contribution in [0.3, 0.4) is 0 Å². The van der Waals surface area contributed by atoms with Gasteiger partial charge in [0.1, 0.15) is 0 Å². The highest BCUT2D eigenvalue weighted by Gasteiger charge is 2.13. The number of thiazole rings is 1. The smallest absolute Gasteiger partial charge is 0.270 e. The zero-order chi connectivity index (χ0) is 13.8. The molecule has 2 aromatic rings. The molecular weight excluding hydrogens is 262 g/mol. The molecule has 5 nitrogen and oxygen atoms in total. The number of rotatable bonds is 5. The largest absolute Gasteiger partial charge is 0.330 e. The zero-order valence-corrected chi connectivity index (χ0v) is 11.4. The van der Waals surface area contributed by atoms with Gasteiger partial charge in [-0.1, -0.05) is 12.1 Å². The topological polar surface area (TPSA) is 82.0 Å². The van der Waals surface area contributed by atoms with Crippen LogP contribution in [-0.2, 0) is 6.42 Å². The molecule has 1 heterocycles. The van der Waals surface area contributed by atoms with Gasteiger partial charge in [0.05, 0.1) is 15.6 Å². The van der Waals surface area contributed by atoms with E-state index in [-0.39, 0.29) is 10.6 Å². The Kier molecular flexibility index (Phi) is 4.24. The van der Waals surface area contributed by atoms with E-state index in [9.17, 15) is 10.1 Å². The number of nitrogens with zero attached hydrogens (tertiary/aromatic N) is 2. The molecule has 2 rings (SSSR count). The van der Waals surface area contributed by atoms with Gasteiger partial charge >= 0.3 is 0 Å². The van der Waals surface area contributed by atoms with E-state index in [0.717, 1.165) is 34.0 Å². The Hall–Kier alpha value is -1.79. The molecule has 0 bridgehead atoms. The molecule has 0 spiro atoms. The Morgan fingerprint density at radius 1 is 1.47 bits per heavy atom. The van der Waals surface area contributed by atoms with Crippen molar-refractivity contribution in [3.8, 4) is 11.3 Å². The lowest BCUT2D eigenvalue weighted by molar-refractivity contribution is -0.384. The number of aryl methyl sites for hydroxylation is 2. The lowest BCUT2D eigenvalue weighted by atomic mass is 10.1. The van der Waals surface area contributed by atoms with Crippen molar-refractivity contribution < 1.29 is 4.92 Å². The van der Waals surface area contributed by atoms with Gasteiger partial charge in [0.25, 0.3) is 5.69 Å². The van der Waals surface area contributed by atoms with Crippen molar-refractivity contribution in [2.24, 2.45) is 5.73 Å². The van der Waals surface area contributed by atoms with Crippen LogP contribution in [-0.4, -0.2) is 16.5 Å². The SMILES string of the molecule is Cc1sc(CCCN)nc1-c1cccc([N+](=O)[O-])c1. The molecule has 6 heteroatoms. The number of benzene rings is 1. The van der Waals surface area contributed by atoms with E-state index in [1.54, 1.807) is 23.5 Å². The average Bonchev–Trinajstić information content (AvgIpc) is 2.77. The van der Waals surface area contributed by atoms with Crippen LogP contribution < -0.4 is 5.73 Å². The number of non-ortho nitro benzene ring substituents is 1. The first kappa shape index (κ1) is 13.6. The summed E-state index contributed by atoms with van der Waals surface area (Å²) in [5, 5.41) is 11.8. The second kappa shape index (κ2) is 5.90. The van der Waals surface area contributed by atoms with Crippen molar-refractivity contribution in [2.45, 2.75) is 19.8 Å². The van der Waals surface area contributed by atoms with Crippen LogP contribution in [0.15, 0.2) is 24.3 Å². The summed E-state index contributed by atoms with van der Waals surface area (Å²) in [6.45, 7) is 2.63. The van der Waals surface area contributed by atoms with Crippen molar-refractivity contribution in [1.82, 2.24) is 4.98 Å². The third-order valence-corrected chi connectivity index (χ3v) is 3.80. The number of hydrogen-bond acceptors (Lipinski definition) is 5. The quantitative estimate of drug-likeness (QED) is 0.673. The van der Waals surface area contributed by atoms with Gasteiger partial charge < -0.3 is 5.73 Å². The van der Waals surface area contributed by atoms with Crippen LogP contribution in [0, 0.1) is 17.0 Å². The van der Waals surface area contributed by atoms with Crippen LogP contribution in [0.1, 0.15) is 16.3 Å². The molecule has 0 aliphatic heterocycles. The van der Waals surface area contributed by atoms with Crippen molar-refractivity contribution in [3.05, 3.63) is 44.3 Å². The van der Waals surface area contributed by atoms with Gasteiger partial charge in [0, 0.05) is 29.0 Å². The molecule has 0 amide bonds. The van der Waals surface area contributed by atoms with Crippen LogP contribution >= 0.6 is 11.3 Å². The molecule has 0 saturated carbocycles. The van der Waals surface area contributed by atoms with Gasteiger partial charge in [0.2, 0.25) is 0 Å². The molecular formula is C13H15N3O2S. The second-order valence-electron chi connectivity index (χ2n) is 4.21. The monoisotopic (exact) mass is 277 g/mol. The van der Waals surface area contributed by atoms with Crippen LogP contribution in [0.5, 0.6) is 0 Å². The molecule has 1 aromatic carbocycles. The highest BCUT2D eigenvalue weighted by molar-refractivity contribution is 7.12. The molecule has 0 saturated heterocycles. The first-order valence-corrected chi connectivity index (χ1v) is 6.84. The molecule has 100 valence electrons. The highest BCUT2D eigenvalue weighted by atomic mass is 32.1. The first-order valence-electron chi connectivity index (χ1n) is 6.03. The Morgan fingerprint density at radius 3 is 2.95 bits per heavy atom. The molecule has 2 N–H and O–H groups in total. The summed E-state index contributed by atoms with van der Waals surface area (Å²) >= 11 is 1.63. The van der Waals surface area contributed by atoms with Crippen molar-refractivity contribution in [2.75, 3.05) is 6.54 Å². The molecule has 0 fully saturated rings. The average molecular weight is 277 g/mol. The summed E-state index contributed by atoms with van der Waals surface area (Å²) in [6.07, 6.45) is 1.76. The van der Waals surface area contributed by atoms with E-state index in [4.69, 9.17) is 5.73 Å². The molecule has 0 aliphatic rings. The normalized spacial score (nSPS) is 10.6. The number of hydrogen-bond donors (Lipinski definition) is 1. The Labute approximate surface area is 115 Å². The minimum absolute atomic E-state index is 0.0911. The summed E-state index contributed by atoms with van der Waals surface area (Å²) in [4.78, 5) is 16.0. The first-order chi connectivity index (χ1) is 9.11. The van der Waals surface area contributed by atoms with Gasteiger partial charge in [-0.2, -0.15) is 0 Å². The van der Waals surface area contributed by atoms with E-state index in [1.807, 2.05) is 13.0 Å². The fourth-order valence-corrected chi connectivity index (χ4v) is 2.84. The number of nitrogens with two attached hydrogens (primary N) is 1. The summed E-state index contributed by atoms with van der Waals surface area (Å²) in [5.41, 5.74) is 7.21. The highest BCUT2D eigenvalue weighted by Crippen LogP contribution is 2.30. The van der Waals surface area contributed by atoms with E-state index >= 15 is 0 Å². The van der Waals surface area contributed by atoms with Crippen LogP contribution in [0.2, 0.25) is 0 Å². The minimum atomic E-state index is -0.388. The summed E-state index contributed by atoms with van der Waals surface area (Å²) < 4.78 is 0. The minimum Gasteiger partial charge on any atom is -0.330 e. The summed E-state index contributed by atoms with van der Waals surface area (Å²) in [6, 6.07) is 6.59. The fourth-order valence-electron chi connectivity index (χ4n) is 1.85. The Morgan fingerprint density at radius 2 is 2.26 bits per heavy atom. The van der Waals surface area contributed by atoms with Crippen molar-refractivity contribution in [1.29, 1.82) is 0 Å². The predicted molar refractivity (Wildman–Crippen MR) is 76.3 cm³/mol. The van der Waals surface area contributed by atoms with E-state index < -0.39 is 0 Å². The molecule has 0 aliphatic carbocycles. The van der Waals surface area contributed by atoms with Gasteiger partial charge in [-0.15, -0.1) is 11.3 Å². The summed E-state index contributed by atoms with van der Waals surface area (Å²) in [5.74, 6) is 0.